The first kappa shape index (κ1) is 12.8. The van der Waals surface area contributed by atoms with Crippen molar-refractivity contribution in [3.8, 4) is 0 Å². The minimum atomic E-state index is 0.134. The molecule has 1 aromatic heterocycles. The highest BCUT2D eigenvalue weighted by Crippen LogP contribution is 2.28. The van der Waals surface area contributed by atoms with Gasteiger partial charge in [-0.05, 0) is 30.3 Å². The van der Waals surface area contributed by atoms with Crippen LogP contribution >= 0.6 is 11.3 Å². The molecular formula is C17H15NO2S. The molecule has 2 heterocycles. The second-order valence-corrected chi connectivity index (χ2v) is 6.29. The number of hydrogen-bond donors (Lipinski definition) is 0. The molecule has 0 atom stereocenters. The van der Waals surface area contributed by atoms with Crippen molar-refractivity contribution >= 4 is 37.2 Å². The second kappa shape index (κ2) is 5.13. The molecule has 1 aliphatic heterocycles. The van der Waals surface area contributed by atoms with E-state index in [1.807, 2.05) is 30.3 Å². The SMILES string of the molecule is O=c1c2ccccc2sc2ccc(N3CCOCC3)cc12. The molecule has 0 radical (unpaired) electrons. The van der Waals surface area contributed by atoms with Gasteiger partial charge in [-0.1, -0.05) is 12.1 Å². The van der Waals surface area contributed by atoms with E-state index in [1.54, 1.807) is 11.3 Å². The van der Waals surface area contributed by atoms with E-state index in [4.69, 9.17) is 4.74 Å². The van der Waals surface area contributed by atoms with E-state index >= 15 is 0 Å². The monoisotopic (exact) mass is 297 g/mol. The highest BCUT2D eigenvalue weighted by atomic mass is 32.1. The lowest BCUT2D eigenvalue weighted by atomic mass is 10.1. The lowest BCUT2D eigenvalue weighted by molar-refractivity contribution is 0.122. The van der Waals surface area contributed by atoms with Crippen LogP contribution < -0.4 is 10.3 Å². The van der Waals surface area contributed by atoms with Gasteiger partial charge in [0.2, 0.25) is 0 Å². The molecule has 4 rings (SSSR count). The number of morpholine rings is 1. The van der Waals surface area contributed by atoms with Gasteiger partial charge in [0.25, 0.3) is 0 Å². The van der Waals surface area contributed by atoms with E-state index in [2.05, 4.69) is 17.0 Å². The van der Waals surface area contributed by atoms with Crippen LogP contribution in [0.5, 0.6) is 0 Å². The number of ether oxygens (including phenoxy) is 1. The average molecular weight is 297 g/mol. The molecule has 1 fully saturated rings. The van der Waals surface area contributed by atoms with Crippen molar-refractivity contribution in [2.75, 3.05) is 31.2 Å². The van der Waals surface area contributed by atoms with E-state index in [9.17, 15) is 4.79 Å². The molecule has 1 saturated heterocycles. The maximum absolute atomic E-state index is 12.7. The van der Waals surface area contributed by atoms with Gasteiger partial charge in [0, 0.05) is 38.9 Å². The van der Waals surface area contributed by atoms with Gasteiger partial charge in [-0.3, -0.25) is 4.79 Å². The van der Waals surface area contributed by atoms with Crippen molar-refractivity contribution in [1.29, 1.82) is 0 Å². The van der Waals surface area contributed by atoms with Gasteiger partial charge >= 0.3 is 0 Å². The Hall–Kier alpha value is -1.91. The Balaban J connectivity index is 1.92. The van der Waals surface area contributed by atoms with Gasteiger partial charge in [0.05, 0.1) is 13.2 Å². The summed E-state index contributed by atoms with van der Waals surface area (Å²) >= 11 is 1.68. The van der Waals surface area contributed by atoms with E-state index in [1.165, 1.54) is 0 Å². The molecule has 0 N–H and O–H groups in total. The Morgan fingerprint density at radius 1 is 0.952 bits per heavy atom. The number of hydrogen-bond acceptors (Lipinski definition) is 4. The molecule has 4 heteroatoms. The number of rotatable bonds is 1. The van der Waals surface area contributed by atoms with Gasteiger partial charge in [-0.15, -0.1) is 11.3 Å². The Kier molecular flexibility index (Phi) is 3.13. The minimum absolute atomic E-state index is 0.134. The lowest BCUT2D eigenvalue weighted by Crippen LogP contribution is -2.36. The van der Waals surface area contributed by atoms with Crippen LogP contribution in [0.3, 0.4) is 0 Å². The molecule has 0 aliphatic carbocycles. The standard InChI is InChI=1S/C17H15NO2S/c19-17-13-3-1-2-4-15(13)21-16-6-5-12(11-14(16)17)18-7-9-20-10-8-18/h1-6,11H,7-10H2. The largest absolute Gasteiger partial charge is 0.378 e. The van der Waals surface area contributed by atoms with E-state index < -0.39 is 0 Å². The molecule has 0 amide bonds. The zero-order valence-corrected chi connectivity index (χ0v) is 12.4. The molecule has 0 bridgehead atoms. The maximum atomic E-state index is 12.7. The third-order valence-electron chi connectivity index (χ3n) is 3.94. The van der Waals surface area contributed by atoms with Crippen molar-refractivity contribution in [3.63, 3.8) is 0 Å². The van der Waals surface area contributed by atoms with E-state index in [0.717, 1.165) is 52.2 Å². The van der Waals surface area contributed by atoms with Crippen LogP contribution in [0.25, 0.3) is 20.2 Å². The third kappa shape index (κ3) is 2.20. The van der Waals surface area contributed by atoms with Gasteiger partial charge < -0.3 is 9.64 Å². The van der Waals surface area contributed by atoms with Crippen molar-refractivity contribution in [3.05, 3.63) is 52.7 Å². The number of benzene rings is 2. The summed E-state index contributed by atoms with van der Waals surface area (Å²) in [5, 5.41) is 1.64. The molecule has 3 aromatic rings. The zero-order chi connectivity index (χ0) is 14.2. The minimum Gasteiger partial charge on any atom is -0.378 e. The summed E-state index contributed by atoms with van der Waals surface area (Å²) in [6, 6.07) is 14.0. The van der Waals surface area contributed by atoms with Crippen LogP contribution in [0.15, 0.2) is 47.3 Å². The topological polar surface area (TPSA) is 29.5 Å². The van der Waals surface area contributed by atoms with Crippen molar-refractivity contribution in [2.45, 2.75) is 0 Å². The predicted molar refractivity (Wildman–Crippen MR) is 88.6 cm³/mol. The highest BCUT2D eigenvalue weighted by molar-refractivity contribution is 7.24. The average Bonchev–Trinajstić information content (AvgIpc) is 2.56. The number of fused-ring (bicyclic) bond motifs is 2. The molecule has 2 aromatic carbocycles. The normalized spacial score (nSPS) is 15.7. The summed E-state index contributed by atoms with van der Waals surface area (Å²) in [6.07, 6.45) is 0. The molecule has 21 heavy (non-hydrogen) atoms. The Labute approximate surface area is 126 Å². The summed E-state index contributed by atoms with van der Waals surface area (Å²) in [6.45, 7) is 3.28. The molecular weight excluding hydrogens is 282 g/mol. The Morgan fingerprint density at radius 3 is 2.57 bits per heavy atom. The predicted octanol–water partition coefficient (Wildman–Crippen LogP) is 3.25. The maximum Gasteiger partial charge on any atom is 0.195 e. The summed E-state index contributed by atoms with van der Waals surface area (Å²) in [7, 11) is 0. The van der Waals surface area contributed by atoms with Crippen LogP contribution in [0.2, 0.25) is 0 Å². The fraction of sp³-hybridized carbons (Fsp3) is 0.235. The van der Waals surface area contributed by atoms with Crippen molar-refractivity contribution in [2.24, 2.45) is 0 Å². The lowest BCUT2D eigenvalue weighted by Gasteiger charge is -2.29. The van der Waals surface area contributed by atoms with Crippen LogP contribution in [0.1, 0.15) is 0 Å². The van der Waals surface area contributed by atoms with Crippen LogP contribution in [0, 0.1) is 0 Å². The molecule has 106 valence electrons. The molecule has 0 saturated carbocycles. The fourth-order valence-corrected chi connectivity index (χ4v) is 3.86. The summed E-state index contributed by atoms with van der Waals surface area (Å²) < 4.78 is 7.49. The van der Waals surface area contributed by atoms with Crippen LogP contribution in [0.4, 0.5) is 5.69 Å². The third-order valence-corrected chi connectivity index (χ3v) is 5.09. The fourth-order valence-electron chi connectivity index (χ4n) is 2.81. The van der Waals surface area contributed by atoms with Gasteiger partial charge in [-0.25, -0.2) is 0 Å². The smallest absolute Gasteiger partial charge is 0.195 e. The van der Waals surface area contributed by atoms with Crippen LogP contribution in [-0.4, -0.2) is 26.3 Å². The number of anilines is 1. The van der Waals surface area contributed by atoms with Crippen molar-refractivity contribution in [1.82, 2.24) is 0 Å². The summed E-state index contributed by atoms with van der Waals surface area (Å²) in [5.74, 6) is 0. The van der Waals surface area contributed by atoms with Crippen LogP contribution in [-0.2, 0) is 4.74 Å². The molecule has 0 unspecified atom stereocenters. The van der Waals surface area contributed by atoms with Gasteiger partial charge in [0.15, 0.2) is 5.43 Å². The summed E-state index contributed by atoms with van der Waals surface area (Å²) in [4.78, 5) is 15.0. The first-order chi connectivity index (χ1) is 10.3. The first-order valence-electron chi connectivity index (χ1n) is 7.11. The van der Waals surface area contributed by atoms with Gasteiger partial charge in [0.1, 0.15) is 0 Å². The molecule has 1 aliphatic rings. The molecule has 3 nitrogen and oxygen atoms in total. The second-order valence-electron chi connectivity index (χ2n) is 5.21. The van der Waals surface area contributed by atoms with E-state index in [0.29, 0.717) is 0 Å². The zero-order valence-electron chi connectivity index (χ0n) is 11.5. The Morgan fingerprint density at radius 2 is 1.71 bits per heavy atom. The van der Waals surface area contributed by atoms with Crippen molar-refractivity contribution < 1.29 is 4.74 Å². The first-order valence-corrected chi connectivity index (χ1v) is 7.93. The quantitative estimate of drug-likeness (QED) is 0.646. The number of nitrogens with zero attached hydrogens (tertiary/aromatic N) is 1. The van der Waals surface area contributed by atoms with E-state index in [-0.39, 0.29) is 5.43 Å². The molecule has 0 spiro atoms. The summed E-state index contributed by atoms with van der Waals surface area (Å²) in [5.41, 5.74) is 1.25. The Bertz CT molecular complexity index is 865. The highest BCUT2D eigenvalue weighted by Gasteiger charge is 2.13. The van der Waals surface area contributed by atoms with Gasteiger partial charge in [-0.2, -0.15) is 0 Å².